The molecule has 0 atom stereocenters. The van der Waals surface area contributed by atoms with Crippen LogP contribution in [0.2, 0.25) is 0 Å². The van der Waals surface area contributed by atoms with Crippen molar-refractivity contribution in [3.05, 3.63) is 57.1 Å². The van der Waals surface area contributed by atoms with Crippen LogP contribution >= 0.6 is 15.9 Å². The summed E-state index contributed by atoms with van der Waals surface area (Å²) in [6.45, 7) is 5.72. The van der Waals surface area contributed by atoms with Gasteiger partial charge in [-0.1, -0.05) is 12.1 Å². The van der Waals surface area contributed by atoms with Crippen molar-refractivity contribution in [2.24, 2.45) is 0 Å². The van der Waals surface area contributed by atoms with Gasteiger partial charge in [0.05, 0.1) is 16.8 Å². The van der Waals surface area contributed by atoms with Gasteiger partial charge in [0.25, 0.3) is 11.8 Å². The van der Waals surface area contributed by atoms with Crippen molar-refractivity contribution >= 4 is 45.5 Å². The summed E-state index contributed by atoms with van der Waals surface area (Å²) in [6, 6.07) is 7.64. The zero-order valence-electron chi connectivity index (χ0n) is 16.1. The second-order valence-electron chi connectivity index (χ2n) is 6.53. The minimum atomic E-state index is -0.798. The Hall–Kier alpha value is -3.13. The van der Waals surface area contributed by atoms with Gasteiger partial charge in [-0.3, -0.25) is 14.9 Å². The van der Waals surface area contributed by atoms with Crippen LogP contribution in [0.4, 0.5) is 10.5 Å². The van der Waals surface area contributed by atoms with Crippen LogP contribution < -0.4 is 15.0 Å². The van der Waals surface area contributed by atoms with E-state index in [0.717, 1.165) is 16.0 Å². The number of benzene rings is 2. The van der Waals surface area contributed by atoms with E-state index < -0.39 is 17.8 Å². The highest BCUT2D eigenvalue weighted by molar-refractivity contribution is 9.10. The minimum absolute atomic E-state index is 0.0828. The lowest BCUT2D eigenvalue weighted by Crippen LogP contribution is -2.54. The number of halogens is 1. The number of phenols is 1. The first-order valence-corrected chi connectivity index (χ1v) is 9.66. The average molecular weight is 459 g/mol. The fourth-order valence-corrected chi connectivity index (χ4v) is 3.41. The molecule has 4 amide bonds. The number of aryl methyl sites for hydroxylation is 2. The fraction of sp³-hybridized carbons (Fsp3) is 0.190. The Labute approximate surface area is 176 Å². The highest BCUT2D eigenvalue weighted by Crippen LogP contribution is 2.36. The maximum atomic E-state index is 13.1. The number of urea groups is 1. The molecule has 1 saturated heterocycles. The molecule has 0 aromatic heterocycles. The number of phenolic OH excluding ortho intramolecular Hbond substituents is 1. The summed E-state index contributed by atoms with van der Waals surface area (Å²) in [5.74, 6) is -1.39. The van der Waals surface area contributed by atoms with E-state index in [1.165, 1.54) is 12.1 Å². The predicted molar refractivity (Wildman–Crippen MR) is 112 cm³/mol. The normalized spacial score (nSPS) is 15.7. The Morgan fingerprint density at radius 1 is 1.17 bits per heavy atom. The molecule has 8 heteroatoms. The summed E-state index contributed by atoms with van der Waals surface area (Å²) in [6.07, 6.45) is 1.36. The van der Waals surface area contributed by atoms with E-state index in [9.17, 15) is 19.5 Å². The van der Waals surface area contributed by atoms with Gasteiger partial charge in [-0.25, -0.2) is 9.69 Å². The Bertz CT molecular complexity index is 1060. The molecule has 1 heterocycles. The van der Waals surface area contributed by atoms with Crippen molar-refractivity contribution in [2.75, 3.05) is 11.5 Å². The van der Waals surface area contributed by atoms with E-state index >= 15 is 0 Å². The molecule has 1 fully saturated rings. The molecule has 2 aromatic carbocycles. The maximum absolute atomic E-state index is 13.1. The third-order valence-corrected chi connectivity index (χ3v) is 4.97. The molecular weight excluding hydrogens is 440 g/mol. The van der Waals surface area contributed by atoms with Gasteiger partial charge in [-0.2, -0.15) is 0 Å². The molecule has 29 heavy (non-hydrogen) atoms. The van der Waals surface area contributed by atoms with Crippen LogP contribution in [0.1, 0.15) is 23.6 Å². The third-order valence-electron chi connectivity index (χ3n) is 4.37. The molecule has 0 spiro atoms. The number of nitrogens with zero attached hydrogens (tertiary/aromatic N) is 1. The van der Waals surface area contributed by atoms with Gasteiger partial charge in [0, 0.05) is 0 Å². The van der Waals surface area contributed by atoms with Crippen molar-refractivity contribution in [3.63, 3.8) is 0 Å². The van der Waals surface area contributed by atoms with E-state index in [4.69, 9.17) is 4.74 Å². The molecule has 0 aliphatic carbocycles. The number of carbonyl (C=O) groups excluding carboxylic acids is 3. The predicted octanol–water partition coefficient (Wildman–Crippen LogP) is 3.84. The number of ether oxygens (including phenoxy) is 1. The molecule has 1 aliphatic heterocycles. The number of rotatable bonds is 4. The Morgan fingerprint density at radius 3 is 2.59 bits per heavy atom. The van der Waals surface area contributed by atoms with Crippen molar-refractivity contribution in [3.8, 4) is 11.5 Å². The minimum Gasteiger partial charge on any atom is -0.503 e. The number of barbiturate groups is 1. The number of nitrogens with one attached hydrogen (secondary N) is 1. The molecule has 0 saturated carbocycles. The Kier molecular flexibility index (Phi) is 5.74. The molecule has 3 rings (SSSR count). The molecule has 1 aliphatic rings. The maximum Gasteiger partial charge on any atom is 0.335 e. The second-order valence-corrected chi connectivity index (χ2v) is 7.38. The van der Waals surface area contributed by atoms with Crippen LogP contribution in [0.25, 0.3) is 6.08 Å². The van der Waals surface area contributed by atoms with E-state index in [1.807, 2.05) is 13.0 Å². The topological polar surface area (TPSA) is 95.9 Å². The quantitative estimate of drug-likeness (QED) is 0.535. The lowest BCUT2D eigenvalue weighted by molar-refractivity contribution is -0.122. The van der Waals surface area contributed by atoms with Crippen LogP contribution in [0.5, 0.6) is 11.5 Å². The van der Waals surface area contributed by atoms with E-state index in [0.29, 0.717) is 22.3 Å². The fourth-order valence-electron chi connectivity index (χ4n) is 2.95. The SMILES string of the molecule is CCOc1cc(/C=C2/C(=O)NC(=O)N(c3cc(C)ccc3C)C2=O)cc(Br)c1O. The van der Waals surface area contributed by atoms with Gasteiger partial charge in [-0.15, -0.1) is 0 Å². The van der Waals surface area contributed by atoms with Gasteiger partial charge >= 0.3 is 6.03 Å². The number of imide groups is 2. The summed E-state index contributed by atoms with van der Waals surface area (Å²) >= 11 is 3.23. The first-order valence-electron chi connectivity index (χ1n) is 8.87. The van der Waals surface area contributed by atoms with E-state index in [1.54, 1.807) is 32.0 Å². The highest BCUT2D eigenvalue weighted by atomic mass is 79.9. The number of hydrogen-bond donors (Lipinski definition) is 2. The number of hydrogen-bond acceptors (Lipinski definition) is 5. The van der Waals surface area contributed by atoms with Crippen LogP contribution in [0.15, 0.2) is 40.4 Å². The average Bonchev–Trinajstić information content (AvgIpc) is 2.65. The van der Waals surface area contributed by atoms with Gasteiger partial charge in [0.2, 0.25) is 0 Å². The Balaban J connectivity index is 2.07. The number of carbonyl (C=O) groups is 3. The molecule has 7 nitrogen and oxygen atoms in total. The zero-order chi connectivity index (χ0) is 21.3. The Morgan fingerprint density at radius 2 is 1.90 bits per heavy atom. The summed E-state index contributed by atoms with van der Waals surface area (Å²) in [5.41, 5.74) is 2.25. The largest absolute Gasteiger partial charge is 0.503 e. The lowest BCUT2D eigenvalue weighted by Gasteiger charge is -2.27. The molecule has 2 aromatic rings. The van der Waals surface area contributed by atoms with Crippen molar-refractivity contribution in [1.29, 1.82) is 0 Å². The molecule has 0 radical (unpaired) electrons. The third kappa shape index (κ3) is 4.02. The van der Waals surface area contributed by atoms with Crippen LogP contribution in [0.3, 0.4) is 0 Å². The standard InChI is InChI=1S/C21H19BrN2O5/c1-4-29-17-10-13(9-15(22)18(17)25)8-14-19(26)23-21(28)24(20(14)27)16-7-11(2)5-6-12(16)3/h5-10,25H,4H2,1-3H3,(H,23,26,28)/b14-8-. The van der Waals surface area contributed by atoms with Crippen LogP contribution in [-0.4, -0.2) is 29.6 Å². The zero-order valence-corrected chi connectivity index (χ0v) is 17.7. The number of amides is 4. The number of anilines is 1. The van der Waals surface area contributed by atoms with Crippen LogP contribution in [0, 0.1) is 13.8 Å². The highest BCUT2D eigenvalue weighted by Gasteiger charge is 2.37. The van der Waals surface area contributed by atoms with Gasteiger partial charge < -0.3 is 9.84 Å². The summed E-state index contributed by atoms with van der Waals surface area (Å²) < 4.78 is 5.73. The summed E-state index contributed by atoms with van der Waals surface area (Å²) in [4.78, 5) is 38.8. The van der Waals surface area contributed by atoms with Crippen LogP contribution in [-0.2, 0) is 9.59 Å². The van der Waals surface area contributed by atoms with E-state index in [2.05, 4.69) is 21.2 Å². The molecule has 0 bridgehead atoms. The molecule has 2 N–H and O–H groups in total. The second kappa shape index (κ2) is 8.08. The molecule has 0 unspecified atom stereocenters. The number of aromatic hydroxyl groups is 1. The molecule has 150 valence electrons. The van der Waals surface area contributed by atoms with Crippen molar-refractivity contribution < 1.29 is 24.2 Å². The first-order chi connectivity index (χ1) is 13.7. The molecular formula is C21H19BrN2O5. The summed E-state index contributed by atoms with van der Waals surface area (Å²) in [7, 11) is 0. The summed E-state index contributed by atoms with van der Waals surface area (Å²) in [5, 5.41) is 12.3. The van der Waals surface area contributed by atoms with Crippen molar-refractivity contribution in [2.45, 2.75) is 20.8 Å². The van der Waals surface area contributed by atoms with Gasteiger partial charge in [-0.05, 0) is 77.7 Å². The smallest absolute Gasteiger partial charge is 0.335 e. The monoisotopic (exact) mass is 458 g/mol. The van der Waals surface area contributed by atoms with Gasteiger partial charge in [0.1, 0.15) is 5.57 Å². The lowest BCUT2D eigenvalue weighted by atomic mass is 10.0. The first kappa shape index (κ1) is 20.6. The van der Waals surface area contributed by atoms with Gasteiger partial charge in [0.15, 0.2) is 11.5 Å². The van der Waals surface area contributed by atoms with Crippen molar-refractivity contribution in [1.82, 2.24) is 5.32 Å². The van der Waals surface area contributed by atoms with E-state index in [-0.39, 0.29) is 17.1 Å².